The molecule has 4 rings (SSSR count). The van der Waals surface area contributed by atoms with Crippen LogP contribution >= 0.6 is 11.3 Å². The van der Waals surface area contributed by atoms with Crippen LogP contribution in [0.15, 0.2) is 48.2 Å². The van der Waals surface area contributed by atoms with E-state index in [1.54, 1.807) is 36.1 Å². The first-order valence-corrected chi connectivity index (χ1v) is 11.0. The third-order valence-electron chi connectivity index (χ3n) is 4.09. The number of nitrogens with zero attached hydrogens (tertiary/aromatic N) is 3. The van der Waals surface area contributed by atoms with Gasteiger partial charge in [-0.05, 0) is 37.1 Å². The number of sulfonamides is 1. The molecule has 0 unspecified atom stereocenters. The SMILES string of the molecule is O=C(Cc1csc(NS(=O)(=O)C2CC2)n1)Nc1ccc(-c2cccnc2)nc1. The molecule has 3 aromatic heterocycles. The van der Waals surface area contributed by atoms with Crippen LogP contribution in [0.3, 0.4) is 0 Å². The number of carbonyl (C=O) groups is 1. The number of carbonyl (C=O) groups excluding carboxylic acids is 1. The summed E-state index contributed by atoms with van der Waals surface area (Å²) in [6, 6.07) is 7.31. The summed E-state index contributed by atoms with van der Waals surface area (Å²) in [4.78, 5) is 24.8. The largest absolute Gasteiger partial charge is 0.324 e. The summed E-state index contributed by atoms with van der Waals surface area (Å²) in [7, 11) is -3.35. The fourth-order valence-corrected chi connectivity index (χ4v) is 4.85. The molecule has 0 radical (unpaired) electrons. The zero-order chi connectivity index (χ0) is 19.6. The van der Waals surface area contributed by atoms with Gasteiger partial charge in [-0.2, -0.15) is 0 Å². The summed E-state index contributed by atoms with van der Waals surface area (Å²) in [5, 5.41) is 4.41. The van der Waals surface area contributed by atoms with Gasteiger partial charge in [0.15, 0.2) is 5.13 Å². The number of nitrogens with one attached hydrogen (secondary N) is 2. The Morgan fingerprint density at radius 2 is 2.07 bits per heavy atom. The molecular weight excluding hydrogens is 398 g/mol. The number of thiazole rings is 1. The monoisotopic (exact) mass is 415 g/mol. The van der Waals surface area contributed by atoms with Gasteiger partial charge in [0.05, 0.1) is 34.9 Å². The van der Waals surface area contributed by atoms with Crippen LogP contribution in [0, 0.1) is 0 Å². The zero-order valence-electron chi connectivity index (χ0n) is 14.7. The molecule has 1 aliphatic rings. The number of aromatic nitrogens is 3. The highest BCUT2D eigenvalue weighted by atomic mass is 32.2. The van der Waals surface area contributed by atoms with E-state index in [1.165, 1.54) is 11.3 Å². The lowest BCUT2D eigenvalue weighted by Crippen LogP contribution is -2.17. The average molecular weight is 416 g/mol. The summed E-state index contributed by atoms with van der Waals surface area (Å²) in [5.41, 5.74) is 2.74. The van der Waals surface area contributed by atoms with E-state index in [0.29, 0.717) is 24.2 Å². The third-order valence-corrected chi connectivity index (χ3v) is 6.85. The highest BCUT2D eigenvalue weighted by Gasteiger charge is 2.36. The zero-order valence-corrected chi connectivity index (χ0v) is 16.3. The van der Waals surface area contributed by atoms with Crippen molar-refractivity contribution in [2.45, 2.75) is 24.5 Å². The minimum Gasteiger partial charge on any atom is -0.324 e. The molecule has 1 saturated carbocycles. The van der Waals surface area contributed by atoms with Gasteiger partial charge in [-0.25, -0.2) is 13.4 Å². The van der Waals surface area contributed by atoms with Crippen LogP contribution in [-0.2, 0) is 21.2 Å². The molecule has 0 aliphatic heterocycles. The van der Waals surface area contributed by atoms with Crippen molar-refractivity contribution in [3.8, 4) is 11.3 Å². The molecule has 1 amide bonds. The van der Waals surface area contributed by atoms with E-state index in [4.69, 9.17) is 0 Å². The van der Waals surface area contributed by atoms with E-state index in [-0.39, 0.29) is 22.7 Å². The van der Waals surface area contributed by atoms with Gasteiger partial charge in [-0.3, -0.25) is 19.5 Å². The molecule has 0 saturated heterocycles. The van der Waals surface area contributed by atoms with Crippen molar-refractivity contribution in [2.24, 2.45) is 0 Å². The Labute approximate surface area is 166 Å². The summed E-state index contributed by atoms with van der Waals surface area (Å²) in [6.45, 7) is 0. The molecule has 0 atom stereocenters. The molecule has 28 heavy (non-hydrogen) atoms. The summed E-state index contributed by atoms with van der Waals surface area (Å²) in [5.74, 6) is -0.252. The Morgan fingerprint density at radius 3 is 2.75 bits per heavy atom. The van der Waals surface area contributed by atoms with Crippen LogP contribution in [0.2, 0.25) is 0 Å². The minimum atomic E-state index is -3.35. The number of anilines is 2. The van der Waals surface area contributed by atoms with E-state index >= 15 is 0 Å². The molecule has 1 aliphatic carbocycles. The number of pyridine rings is 2. The van der Waals surface area contributed by atoms with Crippen molar-refractivity contribution in [2.75, 3.05) is 10.0 Å². The van der Waals surface area contributed by atoms with Crippen LogP contribution in [-0.4, -0.2) is 34.5 Å². The van der Waals surface area contributed by atoms with Crippen molar-refractivity contribution in [3.63, 3.8) is 0 Å². The van der Waals surface area contributed by atoms with E-state index in [0.717, 1.165) is 11.3 Å². The van der Waals surface area contributed by atoms with Gasteiger partial charge in [0.25, 0.3) is 0 Å². The maximum absolute atomic E-state index is 12.2. The highest BCUT2D eigenvalue weighted by Crippen LogP contribution is 2.30. The van der Waals surface area contributed by atoms with Gasteiger partial charge in [0.2, 0.25) is 15.9 Å². The Balaban J connectivity index is 1.34. The topological polar surface area (TPSA) is 114 Å². The number of amides is 1. The normalized spacial score (nSPS) is 13.9. The highest BCUT2D eigenvalue weighted by molar-refractivity contribution is 7.93. The van der Waals surface area contributed by atoms with Crippen molar-refractivity contribution in [1.29, 1.82) is 0 Å². The van der Waals surface area contributed by atoms with Crippen LogP contribution in [0.25, 0.3) is 11.3 Å². The van der Waals surface area contributed by atoms with E-state index < -0.39 is 10.0 Å². The van der Waals surface area contributed by atoms with Gasteiger partial charge >= 0.3 is 0 Å². The lowest BCUT2D eigenvalue weighted by atomic mass is 10.2. The van der Waals surface area contributed by atoms with Crippen molar-refractivity contribution >= 4 is 38.1 Å². The van der Waals surface area contributed by atoms with Crippen LogP contribution in [0.1, 0.15) is 18.5 Å². The van der Waals surface area contributed by atoms with Crippen LogP contribution in [0.4, 0.5) is 10.8 Å². The Morgan fingerprint density at radius 1 is 1.21 bits per heavy atom. The van der Waals surface area contributed by atoms with Gasteiger partial charge in [-0.1, -0.05) is 0 Å². The first-order valence-electron chi connectivity index (χ1n) is 8.62. The van der Waals surface area contributed by atoms with Gasteiger partial charge in [0.1, 0.15) is 0 Å². The molecule has 10 heteroatoms. The molecular formula is C18H17N5O3S2. The lowest BCUT2D eigenvalue weighted by Gasteiger charge is -2.05. The molecule has 1 fully saturated rings. The van der Waals surface area contributed by atoms with Gasteiger partial charge in [-0.15, -0.1) is 11.3 Å². The van der Waals surface area contributed by atoms with Crippen molar-refractivity contribution in [3.05, 3.63) is 53.9 Å². The third kappa shape index (κ3) is 4.52. The summed E-state index contributed by atoms with van der Waals surface area (Å²) >= 11 is 1.17. The maximum atomic E-state index is 12.2. The van der Waals surface area contributed by atoms with Crippen molar-refractivity contribution in [1.82, 2.24) is 15.0 Å². The van der Waals surface area contributed by atoms with E-state index in [9.17, 15) is 13.2 Å². The molecule has 0 spiro atoms. The van der Waals surface area contributed by atoms with Gasteiger partial charge < -0.3 is 5.32 Å². The number of hydrogen-bond acceptors (Lipinski definition) is 7. The summed E-state index contributed by atoms with van der Waals surface area (Å²) in [6.07, 6.45) is 6.41. The molecule has 3 aromatic rings. The van der Waals surface area contributed by atoms with E-state index in [2.05, 4.69) is 25.0 Å². The molecule has 0 bridgehead atoms. The quantitative estimate of drug-likeness (QED) is 0.613. The fourth-order valence-electron chi connectivity index (χ4n) is 2.54. The standard InChI is InChI=1S/C18H17N5O3S2/c24-17(8-14-11-27-18(22-14)23-28(25,26)15-4-5-15)21-13-3-6-16(20-10-13)12-2-1-7-19-9-12/h1-3,6-7,9-11,15H,4-5,8H2,(H,21,24)(H,22,23). The molecule has 3 heterocycles. The molecule has 144 valence electrons. The predicted octanol–water partition coefficient (Wildman–Crippen LogP) is 2.69. The summed E-state index contributed by atoms with van der Waals surface area (Å²) < 4.78 is 26.3. The minimum absolute atomic E-state index is 0.0476. The van der Waals surface area contributed by atoms with Crippen LogP contribution in [0.5, 0.6) is 0 Å². The van der Waals surface area contributed by atoms with Crippen LogP contribution < -0.4 is 10.0 Å². The van der Waals surface area contributed by atoms with Gasteiger partial charge in [0, 0.05) is 23.3 Å². The molecule has 8 nitrogen and oxygen atoms in total. The number of rotatable bonds is 7. The maximum Gasteiger partial charge on any atom is 0.237 e. The first kappa shape index (κ1) is 18.5. The Kier molecular flexibility index (Phi) is 5.05. The average Bonchev–Trinajstić information content (AvgIpc) is 3.46. The molecule has 2 N–H and O–H groups in total. The molecule has 0 aromatic carbocycles. The Hall–Kier alpha value is -2.85. The lowest BCUT2D eigenvalue weighted by molar-refractivity contribution is -0.115. The second kappa shape index (κ2) is 7.64. The fraction of sp³-hybridized carbons (Fsp3) is 0.222. The smallest absolute Gasteiger partial charge is 0.237 e. The second-order valence-corrected chi connectivity index (χ2v) is 9.21. The number of hydrogen-bond donors (Lipinski definition) is 2. The van der Waals surface area contributed by atoms with E-state index in [1.807, 2.05) is 12.1 Å². The van der Waals surface area contributed by atoms with Crippen molar-refractivity contribution < 1.29 is 13.2 Å². The second-order valence-electron chi connectivity index (χ2n) is 6.39. The Bertz CT molecular complexity index is 1080. The first-order chi connectivity index (χ1) is 13.5. The predicted molar refractivity (Wildman–Crippen MR) is 107 cm³/mol.